The van der Waals surface area contributed by atoms with Crippen LogP contribution in [0.3, 0.4) is 0 Å². The molecule has 0 aliphatic rings. The number of ether oxygens (including phenoxy) is 2. The molecule has 3 aromatic rings. The second-order valence-electron chi connectivity index (χ2n) is 6.87. The van der Waals surface area contributed by atoms with E-state index in [0.29, 0.717) is 22.7 Å². The fourth-order valence-corrected chi connectivity index (χ4v) is 3.59. The van der Waals surface area contributed by atoms with Crippen molar-refractivity contribution in [3.8, 4) is 22.9 Å². The smallest absolute Gasteiger partial charge is 0.401 e. The Kier molecular flexibility index (Phi) is 6.99. The number of thiazole rings is 1. The number of rotatable bonds is 9. The lowest BCUT2D eigenvalue weighted by Gasteiger charge is -2.11. The van der Waals surface area contributed by atoms with E-state index in [9.17, 15) is 13.2 Å². The highest BCUT2D eigenvalue weighted by Gasteiger charge is 2.25. The largest absolute Gasteiger partial charge is 0.496 e. The Morgan fingerprint density at radius 3 is 2.63 bits per heavy atom. The van der Waals surface area contributed by atoms with Gasteiger partial charge in [-0.3, -0.25) is 0 Å². The molecule has 162 valence electrons. The molecule has 0 amide bonds. The highest BCUT2D eigenvalue weighted by atomic mass is 32.1. The predicted octanol–water partition coefficient (Wildman–Crippen LogP) is 4.72. The van der Waals surface area contributed by atoms with Crippen molar-refractivity contribution in [3.63, 3.8) is 0 Å². The second-order valence-corrected chi connectivity index (χ2v) is 7.72. The average Bonchev–Trinajstić information content (AvgIpc) is 3.13. The summed E-state index contributed by atoms with van der Waals surface area (Å²) in [5.74, 6) is 1.17. The van der Waals surface area contributed by atoms with Crippen molar-refractivity contribution < 1.29 is 22.6 Å². The average molecular weight is 440 g/mol. The molecule has 0 fully saturated rings. The van der Waals surface area contributed by atoms with Crippen molar-refractivity contribution in [2.45, 2.75) is 26.1 Å². The molecule has 1 aromatic carbocycles. The zero-order valence-corrected chi connectivity index (χ0v) is 17.7. The van der Waals surface area contributed by atoms with Crippen molar-refractivity contribution in [3.05, 3.63) is 29.6 Å². The molecule has 0 saturated heterocycles. The van der Waals surface area contributed by atoms with E-state index in [1.807, 2.05) is 31.4 Å². The standard InChI is InChI=1S/C20H23F3N4O2S/c1-12(2)25-19-27-17(10-30-19)16-9-18(28-3)14-5-4-13(8-15(14)26-16)29-7-6-24-11-20(21,22)23/h4-5,8-10,12,24H,6-7,11H2,1-3H3,(H,25,27). The predicted molar refractivity (Wildman–Crippen MR) is 113 cm³/mol. The number of alkyl halides is 3. The molecule has 0 aliphatic carbocycles. The van der Waals surface area contributed by atoms with Crippen LogP contribution in [0.2, 0.25) is 0 Å². The highest BCUT2D eigenvalue weighted by molar-refractivity contribution is 7.14. The lowest BCUT2D eigenvalue weighted by Crippen LogP contribution is -2.31. The number of benzene rings is 1. The third kappa shape index (κ3) is 5.96. The van der Waals surface area contributed by atoms with Crippen LogP contribution in [0.15, 0.2) is 29.6 Å². The number of nitrogens with zero attached hydrogens (tertiary/aromatic N) is 2. The van der Waals surface area contributed by atoms with Gasteiger partial charge in [0.2, 0.25) is 0 Å². The molecule has 2 N–H and O–H groups in total. The first-order valence-electron chi connectivity index (χ1n) is 9.36. The van der Waals surface area contributed by atoms with Gasteiger partial charge in [0.15, 0.2) is 5.13 Å². The molecule has 0 unspecified atom stereocenters. The van der Waals surface area contributed by atoms with E-state index in [1.165, 1.54) is 11.3 Å². The molecule has 0 aliphatic heterocycles. The molecule has 10 heteroatoms. The third-order valence-corrected chi connectivity index (χ3v) is 4.79. The Balaban J connectivity index is 1.77. The van der Waals surface area contributed by atoms with Crippen LogP contribution in [-0.2, 0) is 0 Å². The summed E-state index contributed by atoms with van der Waals surface area (Å²) in [4.78, 5) is 9.25. The number of anilines is 1. The molecule has 0 radical (unpaired) electrons. The van der Waals surface area contributed by atoms with Crippen LogP contribution in [-0.4, -0.2) is 49.0 Å². The van der Waals surface area contributed by atoms with Gasteiger partial charge in [-0.1, -0.05) is 0 Å². The minimum Gasteiger partial charge on any atom is -0.496 e. The van der Waals surface area contributed by atoms with Crippen LogP contribution < -0.4 is 20.1 Å². The topological polar surface area (TPSA) is 68.3 Å². The zero-order chi connectivity index (χ0) is 21.7. The number of fused-ring (bicyclic) bond motifs is 1. The summed E-state index contributed by atoms with van der Waals surface area (Å²) in [6.45, 7) is 3.22. The molecule has 2 aromatic heterocycles. The van der Waals surface area contributed by atoms with Gasteiger partial charge in [0.1, 0.15) is 23.8 Å². The van der Waals surface area contributed by atoms with E-state index in [1.54, 1.807) is 19.2 Å². The van der Waals surface area contributed by atoms with Crippen LogP contribution in [0.5, 0.6) is 11.5 Å². The molecule has 2 heterocycles. The third-order valence-electron chi connectivity index (χ3n) is 4.02. The fraction of sp³-hybridized carbons (Fsp3) is 0.400. The summed E-state index contributed by atoms with van der Waals surface area (Å²) in [6, 6.07) is 7.40. The maximum atomic E-state index is 12.2. The van der Waals surface area contributed by atoms with Gasteiger partial charge < -0.3 is 20.1 Å². The summed E-state index contributed by atoms with van der Waals surface area (Å²) in [5.41, 5.74) is 2.04. The van der Waals surface area contributed by atoms with Crippen LogP contribution in [0.4, 0.5) is 18.3 Å². The normalized spacial score (nSPS) is 11.8. The van der Waals surface area contributed by atoms with E-state index in [4.69, 9.17) is 9.47 Å². The van der Waals surface area contributed by atoms with Gasteiger partial charge in [-0.15, -0.1) is 11.3 Å². The van der Waals surface area contributed by atoms with Crippen LogP contribution in [0.1, 0.15) is 13.8 Å². The molecule has 0 spiro atoms. The van der Waals surface area contributed by atoms with Gasteiger partial charge in [-0.25, -0.2) is 9.97 Å². The Hall–Kier alpha value is -2.59. The lowest BCUT2D eigenvalue weighted by atomic mass is 10.1. The maximum Gasteiger partial charge on any atom is 0.401 e. The number of pyridine rings is 1. The number of hydrogen-bond acceptors (Lipinski definition) is 7. The number of aromatic nitrogens is 2. The van der Waals surface area contributed by atoms with Gasteiger partial charge in [-0.2, -0.15) is 13.2 Å². The minimum absolute atomic E-state index is 0.0821. The lowest BCUT2D eigenvalue weighted by molar-refractivity contribution is -0.124. The van der Waals surface area contributed by atoms with Gasteiger partial charge in [0.05, 0.1) is 24.9 Å². The van der Waals surface area contributed by atoms with E-state index in [0.717, 1.165) is 16.2 Å². The van der Waals surface area contributed by atoms with Gasteiger partial charge in [0, 0.05) is 35.5 Å². The van der Waals surface area contributed by atoms with Gasteiger partial charge in [-0.05, 0) is 26.0 Å². The van der Waals surface area contributed by atoms with Crippen molar-refractivity contribution in [2.75, 3.05) is 32.1 Å². The van der Waals surface area contributed by atoms with Gasteiger partial charge in [0.25, 0.3) is 0 Å². The Labute approximate surface area is 176 Å². The molecule has 3 rings (SSSR count). The highest BCUT2D eigenvalue weighted by Crippen LogP contribution is 2.33. The van der Waals surface area contributed by atoms with Crippen molar-refractivity contribution in [2.24, 2.45) is 0 Å². The first kappa shape index (κ1) is 22.1. The second kappa shape index (κ2) is 9.48. The first-order valence-corrected chi connectivity index (χ1v) is 10.2. The SMILES string of the molecule is COc1cc(-c2csc(NC(C)C)n2)nc2cc(OCCNCC(F)(F)F)ccc12. The summed E-state index contributed by atoms with van der Waals surface area (Å²) >= 11 is 1.50. The zero-order valence-electron chi connectivity index (χ0n) is 16.8. The monoisotopic (exact) mass is 440 g/mol. The molecular formula is C20H23F3N4O2S. The number of halogens is 3. The molecular weight excluding hydrogens is 417 g/mol. The number of methoxy groups -OCH3 is 1. The van der Waals surface area contributed by atoms with E-state index in [-0.39, 0.29) is 19.2 Å². The molecule has 6 nitrogen and oxygen atoms in total. The quantitative estimate of drug-likeness (QED) is 0.470. The van der Waals surface area contributed by atoms with Crippen LogP contribution in [0, 0.1) is 0 Å². The summed E-state index contributed by atoms with van der Waals surface area (Å²) in [7, 11) is 1.59. The van der Waals surface area contributed by atoms with Crippen molar-refractivity contribution >= 4 is 27.4 Å². The number of nitrogens with one attached hydrogen (secondary N) is 2. The van der Waals surface area contributed by atoms with E-state index >= 15 is 0 Å². The molecule has 30 heavy (non-hydrogen) atoms. The van der Waals surface area contributed by atoms with Crippen LogP contribution in [0.25, 0.3) is 22.3 Å². The molecule has 0 saturated carbocycles. The summed E-state index contributed by atoms with van der Waals surface area (Å²) in [5, 5.41) is 9.10. The van der Waals surface area contributed by atoms with Crippen molar-refractivity contribution in [1.82, 2.24) is 15.3 Å². The summed E-state index contributed by atoms with van der Waals surface area (Å²) in [6.07, 6.45) is -4.24. The Bertz CT molecular complexity index is 992. The maximum absolute atomic E-state index is 12.2. The van der Waals surface area contributed by atoms with E-state index < -0.39 is 12.7 Å². The first-order chi connectivity index (χ1) is 14.2. The van der Waals surface area contributed by atoms with E-state index in [2.05, 4.69) is 20.6 Å². The molecule has 0 bridgehead atoms. The minimum atomic E-state index is -4.24. The summed E-state index contributed by atoms with van der Waals surface area (Å²) < 4.78 is 47.6. The Morgan fingerprint density at radius 1 is 1.13 bits per heavy atom. The number of hydrogen-bond donors (Lipinski definition) is 2. The Morgan fingerprint density at radius 2 is 1.93 bits per heavy atom. The van der Waals surface area contributed by atoms with Crippen LogP contribution >= 0.6 is 11.3 Å². The fourth-order valence-electron chi connectivity index (χ4n) is 2.74. The van der Waals surface area contributed by atoms with Gasteiger partial charge >= 0.3 is 6.18 Å². The molecule has 0 atom stereocenters. The van der Waals surface area contributed by atoms with Crippen molar-refractivity contribution in [1.29, 1.82) is 0 Å².